The number of hydrogen-bond acceptors (Lipinski definition) is 5. The Morgan fingerprint density at radius 2 is 1.80 bits per heavy atom. The zero-order valence-corrected chi connectivity index (χ0v) is 18.3. The second-order valence-electron chi connectivity index (χ2n) is 8.87. The van der Waals surface area contributed by atoms with Gasteiger partial charge < -0.3 is 24.6 Å². The molecule has 1 N–H and O–H groups in total. The van der Waals surface area contributed by atoms with Crippen molar-refractivity contribution in [1.82, 2.24) is 15.1 Å². The Kier molecular flexibility index (Phi) is 5.91. The summed E-state index contributed by atoms with van der Waals surface area (Å²) < 4.78 is 10.6. The highest BCUT2D eigenvalue weighted by Gasteiger charge is 2.57. The largest absolute Gasteiger partial charge is 0.497 e. The van der Waals surface area contributed by atoms with Crippen LogP contribution in [0.1, 0.15) is 43.0 Å². The first kappa shape index (κ1) is 21.0. The third-order valence-corrected chi connectivity index (χ3v) is 7.18. The fourth-order valence-electron chi connectivity index (χ4n) is 5.42. The number of likely N-dealkylation sites (tertiary alicyclic amines) is 2. The summed E-state index contributed by atoms with van der Waals surface area (Å²) >= 11 is 0. The smallest absolute Gasteiger partial charge is 0.254 e. The van der Waals surface area contributed by atoms with Gasteiger partial charge in [0.1, 0.15) is 11.5 Å². The van der Waals surface area contributed by atoms with Crippen molar-refractivity contribution in [3.63, 3.8) is 0 Å². The molecular weight excluding hydrogens is 382 g/mol. The monoisotopic (exact) mass is 415 g/mol. The number of methoxy groups -OCH3 is 2. The van der Waals surface area contributed by atoms with Gasteiger partial charge in [0.25, 0.3) is 5.91 Å². The molecule has 2 amide bonds. The Morgan fingerprint density at radius 1 is 1.13 bits per heavy atom. The molecule has 0 unspecified atom stereocenters. The molecule has 4 rings (SSSR count). The molecule has 3 aliphatic rings. The van der Waals surface area contributed by atoms with Crippen LogP contribution in [0.5, 0.6) is 11.5 Å². The molecule has 2 atom stereocenters. The second-order valence-corrected chi connectivity index (χ2v) is 8.87. The van der Waals surface area contributed by atoms with Gasteiger partial charge in [-0.3, -0.25) is 9.59 Å². The Labute approximate surface area is 178 Å². The van der Waals surface area contributed by atoms with E-state index in [9.17, 15) is 9.59 Å². The molecule has 1 aromatic carbocycles. The van der Waals surface area contributed by atoms with Crippen LogP contribution in [-0.4, -0.2) is 74.1 Å². The highest BCUT2D eigenvalue weighted by molar-refractivity contribution is 5.95. The van der Waals surface area contributed by atoms with Crippen LogP contribution in [0.4, 0.5) is 0 Å². The van der Waals surface area contributed by atoms with Gasteiger partial charge in [0.05, 0.1) is 20.1 Å². The summed E-state index contributed by atoms with van der Waals surface area (Å²) in [5, 5.41) is 3.34. The van der Waals surface area contributed by atoms with Gasteiger partial charge in [0, 0.05) is 49.3 Å². The van der Waals surface area contributed by atoms with Gasteiger partial charge in [-0.15, -0.1) is 0 Å². The summed E-state index contributed by atoms with van der Waals surface area (Å²) in [7, 11) is 3.16. The molecule has 7 nitrogen and oxygen atoms in total. The number of carbonyl (C=O) groups is 2. The second kappa shape index (κ2) is 8.46. The maximum Gasteiger partial charge on any atom is 0.254 e. The molecule has 1 spiro atoms. The normalized spacial score (nSPS) is 25.3. The fourth-order valence-corrected chi connectivity index (χ4v) is 5.42. The highest BCUT2D eigenvalue weighted by Crippen LogP contribution is 2.44. The first-order valence-electron chi connectivity index (χ1n) is 11.1. The van der Waals surface area contributed by atoms with Crippen LogP contribution >= 0.6 is 0 Å². The molecule has 0 saturated carbocycles. The molecule has 0 aromatic heterocycles. The Balaban J connectivity index is 1.44. The molecule has 7 heteroatoms. The van der Waals surface area contributed by atoms with Gasteiger partial charge in [0.2, 0.25) is 5.91 Å². The molecular formula is C23H33N3O4. The maximum atomic E-state index is 13.1. The van der Waals surface area contributed by atoms with E-state index in [4.69, 9.17) is 9.47 Å². The van der Waals surface area contributed by atoms with E-state index in [0.29, 0.717) is 36.1 Å². The van der Waals surface area contributed by atoms with Gasteiger partial charge in [0.15, 0.2) is 0 Å². The van der Waals surface area contributed by atoms with Gasteiger partial charge in [-0.1, -0.05) is 13.3 Å². The van der Waals surface area contributed by atoms with Gasteiger partial charge >= 0.3 is 0 Å². The van der Waals surface area contributed by atoms with Crippen molar-refractivity contribution >= 4 is 11.8 Å². The van der Waals surface area contributed by atoms with E-state index >= 15 is 0 Å². The number of benzene rings is 1. The minimum Gasteiger partial charge on any atom is -0.497 e. The van der Waals surface area contributed by atoms with Crippen molar-refractivity contribution in [3.8, 4) is 11.5 Å². The molecule has 0 aliphatic carbocycles. The fraction of sp³-hybridized carbons (Fsp3) is 0.652. The Bertz CT molecular complexity index is 781. The first-order valence-corrected chi connectivity index (χ1v) is 11.1. The zero-order chi connectivity index (χ0) is 21.3. The number of carbonyl (C=O) groups excluding carboxylic acids is 2. The van der Waals surface area contributed by atoms with Crippen LogP contribution < -0.4 is 14.8 Å². The van der Waals surface area contributed by atoms with Crippen molar-refractivity contribution in [3.05, 3.63) is 23.8 Å². The molecule has 30 heavy (non-hydrogen) atoms. The van der Waals surface area contributed by atoms with Crippen LogP contribution in [-0.2, 0) is 4.79 Å². The maximum absolute atomic E-state index is 13.1. The highest BCUT2D eigenvalue weighted by atomic mass is 16.5. The zero-order valence-electron chi connectivity index (χ0n) is 18.3. The predicted octanol–water partition coefficient (Wildman–Crippen LogP) is 2.16. The number of nitrogens with one attached hydrogen (secondary N) is 1. The van der Waals surface area contributed by atoms with Crippen molar-refractivity contribution in [2.75, 3.05) is 46.9 Å². The number of ether oxygens (including phenoxy) is 2. The minimum atomic E-state index is -0.161. The first-order chi connectivity index (χ1) is 14.5. The van der Waals surface area contributed by atoms with E-state index in [1.165, 1.54) is 12.8 Å². The Hall–Kier alpha value is -2.28. The van der Waals surface area contributed by atoms with E-state index in [0.717, 1.165) is 32.5 Å². The van der Waals surface area contributed by atoms with Crippen LogP contribution in [0, 0.1) is 11.8 Å². The molecule has 3 heterocycles. The predicted molar refractivity (Wildman–Crippen MR) is 114 cm³/mol. The molecule has 0 bridgehead atoms. The lowest BCUT2D eigenvalue weighted by Crippen LogP contribution is -2.56. The Morgan fingerprint density at radius 3 is 2.40 bits per heavy atom. The molecule has 3 saturated heterocycles. The average Bonchev–Trinajstić information content (AvgIpc) is 3.31. The number of piperidine rings is 1. The number of unbranched alkanes of at least 4 members (excludes halogenated alkanes) is 1. The summed E-state index contributed by atoms with van der Waals surface area (Å²) in [5.74, 6) is 1.86. The SMILES string of the molecule is CCCCN1C[C@H]2C(=O)NC3(CCN(C(=O)c4cc(OC)cc(OC)c4)CC3)[C@H]2C1. The molecule has 0 radical (unpaired) electrons. The van der Waals surface area contributed by atoms with E-state index in [1.54, 1.807) is 32.4 Å². The summed E-state index contributed by atoms with van der Waals surface area (Å²) in [4.78, 5) is 30.2. The lowest BCUT2D eigenvalue weighted by Gasteiger charge is -2.42. The van der Waals surface area contributed by atoms with E-state index in [-0.39, 0.29) is 23.3 Å². The van der Waals surface area contributed by atoms with E-state index < -0.39 is 0 Å². The third kappa shape index (κ3) is 3.75. The van der Waals surface area contributed by atoms with Crippen molar-refractivity contribution < 1.29 is 19.1 Å². The van der Waals surface area contributed by atoms with Gasteiger partial charge in [-0.05, 0) is 37.9 Å². The number of hydrogen-bond donors (Lipinski definition) is 1. The minimum absolute atomic E-state index is 0.0149. The summed E-state index contributed by atoms with van der Waals surface area (Å²) in [6, 6.07) is 5.27. The number of nitrogens with zero attached hydrogens (tertiary/aromatic N) is 2. The lowest BCUT2D eigenvalue weighted by atomic mass is 9.75. The van der Waals surface area contributed by atoms with E-state index in [2.05, 4.69) is 17.1 Å². The van der Waals surface area contributed by atoms with E-state index in [1.807, 2.05) is 4.90 Å². The molecule has 3 aliphatic heterocycles. The standard InChI is InChI=1S/C23H33N3O4/c1-4-5-8-25-14-19-20(15-25)23(24-21(19)27)6-9-26(10-7-23)22(28)16-11-17(29-2)13-18(12-16)30-3/h11-13,19-20H,4-10,14-15H2,1-3H3,(H,24,27)/t19-,20+/m1/s1. The van der Waals surface area contributed by atoms with Gasteiger partial charge in [-0.2, -0.15) is 0 Å². The molecule has 164 valence electrons. The third-order valence-electron chi connectivity index (χ3n) is 7.18. The molecule has 3 fully saturated rings. The number of rotatable bonds is 6. The average molecular weight is 416 g/mol. The van der Waals surface area contributed by atoms with Crippen molar-refractivity contribution in [2.24, 2.45) is 11.8 Å². The number of amides is 2. The van der Waals surface area contributed by atoms with Crippen LogP contribution in [0.2, 0.25) is 0 Å². The quantitative estimate of drug-likeness (QED) is 0.771. The van der Waals surface area contributed by atoms with Crippen LogP contribution in [0.25, 0.3) is 0 Å². The summed E-state index contributed by atoms with van der Waals surface area (Å²) in [6.45, 7) is 6.45. The summed E-state index contributed by atoms with van der Waals surface area (Å²) in [5.41, 5.74) is 0.410. The van der Waals surface area contributed by atoms with Crippen LogP contribution in [0.15, 0.2) is 18.2 Å². The van der Waals surface area contributed by atoms with Crippen molar-refractivity contribution in [2.45, 2.75) is 38.1 Å². The van der Waals surface area contributed by atoms with Gasteiger partial charge in [-0.25, -0.2) is 0 Å². The number of fused-ring (bicyclic) bond motifs is 2. The molecule has 1 aromatic rings. The summed E-state index contributed by atoms with van der Waals surface area (Å²) in [6.07, 6.45) is 3.98. The van der Waals surface area contributed by atoms with Crippen LogP contribution in [0.3, 0.4) is 0 Å². The topological polar surface area (TPSA) is 71.1 Å². The van der Waals surface area contributed by atoms with Crippen molar-refractivity contribution in [1.29, 1.82) is 0 Å². The lowest BCUT2D eigenvalue weighted by molar-refractivity contribution is -0.123.